The van der Waals surface area contributed by atoms with E-state index < -0.39 is 0 Å². The van der Waals surface area contributed by atoms with Crippen LogP contribution in [0.25, 0.3) is 127 Å². The van der Waals surface area contributed by atoms with E-state index in [1.54, 1.807) is 0 Å². The Hall–Kier alpha value is -8.41. The molecule has 0 aliphatic heterocycles. The molecule has 13 aromatic rings. The zero-order valence-corrected chi connectivity index (χ0v) is 33.3. The van der Waals surface area contributed by atoms with E-state index in [2.05, 4.69) is 199 Å². The molecule has 62 heavy (non-hydrogen) atoms. The van der Waals surface area contributed by atoms with Gasteiger partial charge in [0.15, 0.2) is 17.5 Å². The summed E-state index contributed by atoms with van der Waals surface area (Å²) in [5.41, 5.74) is 9.97. The number of hydrogen-bond donors (Lipinski definition) is 0. The van der Waals surface area contributed by atoms with Crippen molar-refractivity contribution < 1.29 is 4.42 Å². The quantitative estimate of drug-likeness (QED) is 0.174. The predicted molar refractivity (Wildman–Crippen MR) is 256 cm³/mol. The van der Waals surface area contributed by atoms with Crippen LogP contribution in [0.5, 0.6) is 0 Å². The number of rotatable bonds is 5. The maximum absolute atomic E-state index is 6.33. The summed E-state index contributed by atoms with van der Waals surface area (Å²) >= 11 is 0. The second kappa shape index (κ2) is 13.6. The van der Waals surface area contributed by atoms with Crippen molar-refractivity contribution in [2.75, 3.05) is 0 Å². The Morgan fingerprint density at radius 3 is 1.58 bits per heavy atom. The molecular formula is C57H34N4O. The van der Waals surface area contributed by atoms with E-state index in [4.69, 9.17) is 19.4 Å². The number of hydrogen-bond acceptors (Lipinski definition) is 4. The smallest absolute Gasteiger partial charge is 0.164 e. The molecule has 0 aliphatic rings. The highest BCUT2D eigenvalue weighted by atomic mass is 16.3. The SMILES string of the molecule is c1ccc2cc3c(cc2c1)c1ccccc1n3-c1ccc(-c2nc(-c3cccc4ccccc34)nc(-c3cccc4ccccc34)n2)cc1-c1ccc2oc3ccccc3c2c1. The summed E-state index contributed by atoms with van der Waals surface area (Å²) in [7, 11) is 0. The Balaban J connectivity index is 1.10. The molecule has 0 N–H and O–H groups in total. The van der Waals surface area contributed by atoms with Crippen LogP contribution in [0.4, 0.5) is 0 Å². The zero-order valence-electron chi connectivity index (χ0n) is 33.3. The fourth-order valence-corrected chi connectivity index (χ4v) is 9.50. The van der Waals surface area contributed by atoms with Crippen molar-refractivity contribution in [1.82, 2.24) is 19.5 Å². The average Bonchev–Trinajstić information content (AvgIpc) is 3.87. The van der Waals surface area contributed by atoms with Crippen LogP contribution in [-0.2, 0) is 0 Å². The van der Waals surface area contributed by atoms with Crippen molar-refractivity contribution in [3.63, 3.8) is 0 Å². The summed E-state index contributed by atoms with van der Waals surface area (Å²) in [6, 6.07) is 72.9. The molecule has 0 fully saturated rings. The molecule has 0 atom stereocenters. The van der Waals surface area contributed by atoms with E-state index in [0.717, 1.165) is 88.0 Å². The van der Waals surface area contributed by atoms with Gasteiger partial charge >= 0.3 is 0 Å². The minimum absolute atomic E-state index is 0.599. The van der Waals surface area contributed by atoms with Crippen molar-refractivity contribution >= 4 is 76.1 Å². The summed E-state index contributed by atoms with van der Waals surface area (Å²) in [6.45, 7) is 0. The molecule has 0 aliphatic carbocycles. The van der Waals surface area contributed by atoms with Gasteiger partial charge in [-0.2, -0.15) is 0 Å². The van der Waals surface area contributed by atoms with Gasteiger partial charge < -0.3 is 8.98 Å². The van der Waals surface area contributed by atoms with Crippen LogP contribution in [0.3, 0.4) is 0 Å². The van der Waals surface area contributed by atoms with Crippen LogP contribution in [0.1, 0.15) is 0 Å². The van der Waals surface area contributed by atoms with Crippen LogP contribution in [-0.4, -0.2) is 19.5 Å². The fraction of sp³-hybridized carbons (Fsp3) is 0. The second-order valence-corrected chi connectivity index (χ2v) is 16.0. The van der Waals surface area contributed by atoms with Gasteiger partial charge in [0.1, 0.15) is 11.2 Å². The largest absolute Gasteiger partial charge is 0.456 e. The molecule has 0 radical (unpaired) electrons. The Bertz CT molecular complexity index is 3840. The molecule has 0 saturated carbocycles. The molecule has 288 valence electrons. The summed E-state index contributed by atoms with van der Waals surface area (Å²) < 4.78 is 8.76. The van der Waals surface area contributed by atoms with E-state index in [9.17, 15) is 0 Å². The van der Waals surface area contributed by atoms with Crippen molar-refractivity contribution in [3.05, 3.63) is 206 Å². The summed E-state index contributed by atoms with van der Waals surface area (Å²) in [5.74, 6) is 1.85. The third kappa shape index (κ3) is 5.38. The van der Waals surface area contributed by atoms with E-state index in [1.165, 1.54) is 21.5 Å². The lowest BCUT2D eigenvalue weighted by atomic mass is 9.98. The molecule has 0 amide bonds. The Morgan fingerprint density at radius 1 is 0.306 bits per heavy atom. The van der Waals surface area contributed by atoms with Gasteiger partial charge in [-0.1, -0.05) is 152 Å². The van der Waals surface area contributed by atoms with Crippen LogP contribution in [0, 0.1) is 0 Å². The molecule has 10 aromatic carbocycles. The molecule has 5 nitrogen and oxygen atoms in total. The van der Waals surface area contributed by atoms with Gasteiger partial charge in [-0.05, 0) is 92.5 Å². The van der Waals surface area contributed by atoms with Gasteiger partial charge in [0.2, 0.25) is 0 Å². The van der Waals surface area contributed by atoms with E-state index >= 15 is 0 Å². The van der Waals surface area contributed by atoms with Gasteiger partial charge in [-0.25, -0.2) is 15.0 Å². The van der Waals surface area contributed by atoms with Gasteiger partial charge in [0.25, 0.3) is 0 Å². The van der Waals surface area contributed by atoms with E-state index in [0.29, 0.717) is 17.5 Å². The number of fused-ring (bicyclic) bond motifs is 9. The fourth-order valence-electron chi connectivity index (χ4n) is 9.50. The third-order valence-corrected chi connectivity index (χ3v) is 12.4. The highest BCUT2D eigenvalue weighted by Crippen LogP contribution is 2.42. The highest BCUT2D eigenvalue weighted by molar-refractivity contribution is 6.14. The molecule has 0 saturated heterocycles. The second-order valence-electron chi connectivity index (χ2n) is 16.0. The minimum Gasteiger partial charge on any atom is -0.456 e. The van der Waals surface area contributed by atoms with Crippen molar-refractivity contribution in [3.8, 4) is 51.0 Å². The lowest BCUT2D eigenvalue weighted by Crippen LogP contribution is -2.02. The maximum Gasteiger partial charge on any atom is 0.164 e. The van der Waals surface area contributed by atoms with Gasteiger partial charge in [-0.15, -0.1) is 0 Å². The summed E-state index contributed by atoms with van der Waals surface area (Å²) in [4.78, 5) is 15.9. The van der Waals surface area contributed by atoms with Gasteiger partial charge in [0, 0.05) is 43.8 Å². The van der Waals surface area contributed by atoms with Crippen molar-refractivity contribution in [2.45, 2.75) is 0 Å². The number of benzene rings is 10. The topological polar surface area (TPSA) is 56.7 Å². The first-order chi connectivity index (χ1) is 30.7. The number of para-hydroxylation sites is 2. The Kier molecular flexibility index (Phi) is 7.54. The molecule has 5 heteroatoms. The molecule has 0 spiro atoms. The average molecular weight is 791 g/mol. The minimum atomic E-state index is 0.599. The molecule has 3 aromatic heterocycles. The standard InChI is InChI=1S/C57H34N4O/c1-2-16-38-34-52-48(31-37(38)15-1)43-21-7-9-25-50(43)61(52)51-29-27-40(33-47(51)39-28-30-54-49(32-39)44-22-8-10-26-53(44)62-54)55-58-56(45-23-11-17-35-13-3-5-19-41(35)45)60-57(59-55)46-24-12-18-36-14-4-6-20-42(36)46/h1-34H. The number of aromatic nitrogens is 4. The summed E-state index contributed by atoms with van der Waals surface area (Å²) in [5, 5.41) is 11.4. The van der Waals surface area contributed by atoms with E-state index in [-0.39, 0.29) is 0 Å². The molecule has 0 bridgehead atoms. The van der Waals surface area contributed by atoms with E-state index in [1.807, 2.05) is 12.1 Å². The first-order valence-electron chi connectivity index (χ1n) is 20.9. The zero-order chi connectivity index (χ0) is 40.7. The Labute approximate surface area is 355 Å². The molecule has 3 heterocycles. The lowest BCUT2D eigenvalue weighted by Gasteiger charge is -2.17. The van der Waals surface area contributed by atoms with Crippen molar-refractivity contribution in [2.24, 2.45) is 0 Å². The third-order valence-electron chi connectivity index (χ3n) is 12.4. The van der Waals surface area contributed by atoms with Crippen molar-refractivity contribution in [1.29, 1.82) is 0 Å². The first-order valence-corrected chi connectivity index (χ1v) is 20.9. The molecule has 13 rings (SSSR count). The highest BCUT2D eigenvalue weighted by Gasteiger charge is 2.21. The molecular weight excluding hydrogens is 757 g/mol. The van der Waals surface area contributed by atoms with Crippen LogP contribution >= 0.6 is 0 Å². The monoisotopic (exact) mass is 790 g/mol. The normalized spacial score (nSPS) is 11.9. The lowest BCUT2D eigenvalue weighted by molar-refractivity contribution is 0.669. The van der Waals surface area contributed by atoms with Crippen LogP contribution in [0.15, 0.2) is 211 Å². The van der Waals surface area contributed by atoms with Crippen LogP contribution in [0.2, 0.25) is 0 Å². The van der Waals surface area contributed by atoms with Gasteiger partial charge in [-0.3, -0.25) is 0 Å². The van der Waals surface area contributed by atoms with Crippen LogP contribution < -0.4 is 0 Å². The summed E-state index contributed by atoms with van der Waals surface area (Å²) in [6.07, 6.45) is 0. The maximum atomic E-state index is 6.33. The number of nitrogens with zero attached hydrogens (tertiary/aromatic N) is 4. The predicted octanol–water partition coefficient (Wildman–Crippen LogP) is 15.0. The number of furan rings is 1. The molecule has 0 unspecified atom stereocenters. The Morgan fingerprint density at radius 2 is 0.855 bits per heavy atom. The first kappa shape index (κ1) is 34.5. The van der Waals surface area contributed by atoms with Gasteiger partial charge in [0.05, 0.1) is 16.7 Å².